The van der Waals surface area contributed by atoms with Crippen molar-refractivity contribution in [2.24, 2.45) is 0 Å². The first-order valence-electron chi connectivity index (χ1n) is 10.6. The van der Waals surface area contributed by atoms with Gasteiger partial charge in [0.2, 0.25) is 11.6 Å². The van der Waals surface area contributed by atoms with Crippen LogP contribution < -0.4 is 15.0 Å². The summed E-state index contributed by atoms with van der Waals surface area (Å²) in [5.41, 5.74) is 3.48. The van der Waals surface area contributed by atoms with Crippen molar-refractivity contribution < 1.29 is 4.74 Å². The summed E-state index contributed by atoms with van der Waals surface area (Å²) in [6, 6.07) is 11.7. The number of piperazine rings is 1. The molecule has 32 heavy (non-hydrogen) atoms. The maximum absolute atomic E-state index is 5.26. The third kappa shape index (κ3) is 4.30. The van der Waals surface area contributed by atoms with E-state index in [2.05, 4.69) is 40.4 Å². The smallest absolute Gasteiger partial charge is 0.225 e. The van der Waals surface area contributed by atoms with Crippen molar-refractivity contribution in [3.05, 3.63) is 55.1 Å². The minimum Gasteiger partial charge on any atom is -0.497 e. The monoisotopic (exact) mass is 431 g/mol. The lowest BCUT2D eigenvalue weighted by molar-refractivity contribution is 0.266. The third-order valence-electron chi connectivity index (χ3n) is 5.60. The number of nitrogens with zero attached hydrogens (tertiary/aromatic N) is 8. The maximum Gasteiger partial charge on any atom is 0.225 e. The van der Waals surface area contributed by atoms with E-state index in [1.54, 1.807) is 30.3 Å². The molecule has 1 aromatic carbocycles. The molecule has 1 saturated heterocycles. The molecule has 1 N–H and O–H groups in total. The van der Waals surface area contributed by atoms with Gasteiger partial charge in [0.05, 0.1) is 18.5 Å². The van der Waals surface area contributed by atoms with E-state index in [1.807, 2.05) is 36.4 Å². The van der Waals surface area contributed by atoms with Gasteiger partial charge < -0.3 is 15.0 Å². The molecule has 0 spiro atoms. The fraction of sp³-hybridized carbons (Fsp3) is 0.318. The van der Waals surface area contributed by atoms with Crippen LogP contribution in [0.4, 0.5) is 11.6 Å². The average molecular weight is 432 g/mol. The summed E-state index contributed by atoms with van der Waals surface area (Å²) in [5, 5.41) is 16.4. The molecule has 10 nitrogen and oxygen atoms in total. The van der Waals surface area contributed by atoms with Crippen LogP contribution >= 0.6 is 0 Å². The minimum atomic E-state index is 0.716. The molecule has 0 amide bonds. The summed E-state index contributed by atoms with van der Waals surface area (Å²) >= 11 is 0. The van der Waals surface area contributed by atoms with Gasteiger partial charge in [-0.3, -0.25) is 4.90 Å². The van der Waals surface area contributed by atoms with Crippen molar-refractivity contribution >= 4 is 17.3 Å². The van der Waals surface area contributed by atoms with E-state index in [-0.39, 0.29) is 0 Å². The van der Waals surface area contributed by atoms with Gasteiger partial charge in [-0.1, -0.05) is 0 Å². The fourth-order valence-electron chi connectivity index (χ4n) is 3.83. The van der Waals surface area contributed by atoms with Crippen LogP contribution in [0.25, 0.3) is 16.9 Å². The molecule has 3 aromatic heterocycles. The van der Waals surface area contributed by atoms with Gasteiger partial charge in [-0.05, 0) is 36.4 Å². The number of fused-ring (bicyclic) bond motifs is 1. The van der Waals surface area contributed by atoms with Crippen LogP contribution in [0.3, 0.4) is 0 Å². The van der Waals surface area contributed by atoms with Crippen LogP contribution in [0.5, 0.6) is 5.75 Å². The Morgan fingerprint density at radius 3 is 2.56 bits per heavy atom. The predicted octanol–water partition coefficient (Wildman–Crippen LogP) is 1.82. The van der Waals surface area contributed by atoms with Gasteiger partial charge in [-0.2, -0.15) is 9.61 Å². The van der Waals surface area contributed by atoms with Gasteiger partial charge in [0, 0.05) is 57.2 Å². The lowest BCUT2D eigenvalue weighted by Gasteiger charge is -2.34. The Hall–Kier alpha value is -3.79. The summed E-state index contributed by atoms with van der Waals surface area (Å²) in [4.78, 5) is 13.4. The zero-order chi connectivity index (χ0) is 21.8. The summed E-state index contributed by atoms with van der Waals surface area (Å²) in [7, 11) is 1.66. The Morgan fingerprint density at radius 1 is 1.03 bits per heavy atom. The Labute approximate surface area is 185 Å². The van der Waals surface area contributed by atoms with Crippen LogP contribution in [0.15, 0.2) is 55.1 Å². The molecular weight excluding hydrogens is 406 g/mol. The second kappa shape index (κ2) is 9.15. The van der Waals surface area contributed by atoms with Gasteiger partial charge in [-0.25, -0.2) is 9.97 Å². The van der Waals surface area contributed by atoms with Crippen molar-refractivity contribution in [1.29, 1.82) is 0 Å². The highest BCUT2D eigenvalue weighted by molar-refractivity contribution is 5.73. The van der Waals surface area contributed by atoms with E-state index in [1.165, 1.54) is 0 Å². The SMILES string of the molecule is COc1ccc(-c2cc(NCCN3CCN(c4ncccn4)CC3)c3nncn3n2)cc1. The Bertz CT molecular complexity index is 1160. The lowest BCUT2D eigenvalue weighted by atomic mass is 10.1. The number of nitrogens with one attached hydrogen (secondary N) is 1. The first-order valence-corrected chi connectivity index (χ1v) is 10.6. The van der Waals surface area contributed by atoms with Gasteiger partial charge in [-0.15, -0.1) is 10.2 Å². The highest BCUT2D eigenvalue weighted by atomic mass is 16.5. The second-order valence-electron chi connectivity index (χ2n) is 7.58. The maximum atomic E-state index is 5.26. The standard InChI is InChI=1S/C22H25N9O/c1-32-18-5-3-17(4-6-18)19-15-20(21-27-26-16-31(21)28-19)23-9-10-29-11-13-30(14-12-29)22-24-7-2-8-25-22/h2-8,15-16,23H,9-14H2,1H3. The van der Waals surface area contributed by atoms with E-state index in [0.29, 0.717) is 5.65 Å². The van der Waals surface area contributed by atoms with Crippen molar-refractivity contribution in [3.63, 3.8) is 0 Å². The first kappa shape index (κ1) is 20.1. The molecular formula is C22H25N9O. The Balaban J connectivity index is 1.22. The highest BCUT2D eigenvalue weighted by Gasteiger charge is 2.18. The van der Waals surface area contributed by atoms with Crippen LogP contribution in [-0.2, 0) is 0 Å². The molecule has 0 unspecified atom stereocenters. The quantitative estimate of drug-likeness (QED) is 0.470. The fourth-order valence-corrected chi connectivity index (χ4v) is 3.83. The average Bonchev–Trinajstić information content (AvgIpc) is 3.34. The van der Waals surface area contributed by atoms with Crippen molar-refractivity contribution in [2.75, 3.05) is 56.6 Å². The van der Waals surface area contributed by atoms with E-state index in [4.69, 9.17) is 4.74 Å². The van der Waals surface area contributed by atoms with Gasteiger partial charge in [0.25, 0.3) is 0 Å². The van der Waals surface area contributed by atoms with Crippen LogP contribution in [-0.4, -0.2) is 81.1 Å². The van der Waals surface area contributed by atoms with Crippen LogP contribution in [0.2, 0.25) is 0 Å². The normalized spacial score (nSPS) is 14.6. The zero-order valence-corrected chi connectivity index (χ0v) is 17.9. The molecule has 0 aliphatic carbocycles. The number of aromatic nitrogens is 6. The number of methoxy groups -OCH3 is 1. The summed E-state index contributed by atoms with van der Waals surface area (Å²) in [5.74, 6) is 1.62. The van der Waals surface area contributed by atoms with Gasteiger partial charge >= 0.3 is 0 Å². The highest BCUT2D eigenvalue weighted by Crippen LogP contribution is 2.25. The molecule has 1 aliphatic rings. The van der Waals surface area contributed by atoms with Gasteiger partial charge in [0.1, 0.15) is 12.1 Å². The summed E-state index contributed by atoms with van der Waals surface area (Å²) in [6.45, 7) is 5.55. The molecule has 5 rings (SSSR count). The number of anilines is 2. The molecule has 0 bridgehead atoms. The molecule has 0 saturated carbocycles. The largest absolute Gasteiger partial charge is 0.497 e. The molecule has 4 aromatic rings. The molecule has 10 heteroatoms. The van der Waals surface area contributed by atoms with E-state index < -0.39 is 0 Å². The number of hydrogen-bond donors (Lipinski definition) is 1. The number of hydrogen-bond acceptors (Lipinski definition) is 9. The Kier molecular flexibility index (Phi) is 5.75. The van der Waals surface area contributed by atoms with E-state index in [0.717, 1.165) is 67.9 Å². The zero-order valence-electron chi connectivity index (χ0n) is 17.9. The van der Waals surface area contributed by atoms with Crippen molar-refractivity contribution in [2.45, 2.75) is 0 Å². The minimum absolute atomic E-state index is 0.716. The summed E-state index contributed by atoms with van der Waals surface area (Å²) in [6.07, 6.45) is 5.20. The second-order valence-corrected chi connectivity index (χ2v) is 7.58. The molecule has 164 valence electrons. The molecule has 1 aliphatic heterocycles. The molecule has 0 atom stereocenters. The van der Waals surface area contributed by atoms with Crippen LogP contribution in [0.1, 0.15) is 0 Å². The van der Waals surface area contributed by atoms with Crippen molar-refractivity contribution in [3.8, 4) is 17.0 Å². The van der Waals surface area contributed by atoms with E-state index in [9.17, 15) is 0 Å². The lowest BCUT2D eigenvalue weighted by Crippen LogP contribution is -2.48. The topological polar surface area (TPSA) is 96.6 Å². The van der Waals surface area contributed by atoms with Gasteiger partial charge in [0.15, 0.2) is 0 Å². The molecule has 1 fully saturated rings. The third-order valence-corrected chi connectivity index (χ3v) is 5.60. The molecule has 4 heterocycles. The summed E-state index contributed by atoms with van der Waals surface area (Å²) < 4.78 is 6.97. The predicted molar refractivity (Wildman–Crippen MR) is 122 cm³/mol. The number of ether oxygens (including phenoxy) is 1. The van der Waals surface area contributed by atoms with E-state index >= 15 is 0 Å². The molecule has 0 radical (unpaired) electrons. The number of rotatable bonds is 7. The van der Waals surface area contributed by atoms with Crippen LogP contribution in [0, 0.1) is 0 Å². The first-order chi connectivity index (χ1) is 15.8. The Morgan fingerprint density at radius 2 is 1.81 bits per heavy atom. The number of benzene rings is 1. The van der Waals surface area contributed by atoms with Crippen molar-refractivity contribution in [1.82, 2.24) is 34.7 Å².